The minimum absolute atomic E-state index is 0.0664. The van der Waals surface area contributed by atoms with Crippen LogP contribution in [0, 0.1) is 0 Å². The van der Waals surface area contributed by atoms with Crippen LogP contribution in [0.5, 0.6) is 0 Å². The summed E-state index contributed by atoms with van der Waals surface area (Å²) in [4.78, 5) is 9.40. The lowest BCUT2D eigenvalue weighted by atomic mass is 10.1. The van der Waals surface area contributed by atoms with E-state index in [1.807, 2.05) is 36.4 Å². The zero-order chi connectivity index (χ0) is 16.2. The largest absolute Gasteiger partial charge is 0.363 e. The van der Waals surface area contributed by atoms with Crippen LogP contribution in [-0.2, 0) is 22.6 Å². The first-order chi connectivity index (χ1) is 11.9. The molecule has 4 heteroatoms. The van der Waals surface area contributed by atoms with Crippen molar-refractivity contribution in [2.24, 2.45) is 9.98 Å². The Balaban J connectivity index is 1.42. The van der Waals surface area contributed by atoms with E-state index in [1.165, 1.54) is 11.1 Å². The van der Waals surface area contributed by atoms with Crippen LogP contribution in [0.15, 0.2) is 70.6 Å². The second-order valence-electron chi connectivity index (χ2n) is 6.05. The van der Waals surface area contributed by atoms with Crippen molar-refractivity contribution in [2.45, 2.75) is 25.3 Å². The van der Waals surface area contributed by atoms with Crippen LogP contribution >= 0.6 is 0 Å². The summed E-state index contributed by atoms with van der Waals surface area (Å²) in [6.07, 6.45) is -0.133. The lowest BCUT2D eigenvalue weighted by Crippen LogP contribution is -2.26. The Labute approximate surface area is 141 Å². The van der Waals surface area contributed by atoms with Crippen molar-refractivity contribution < 1.29 is 9.47 Å². The highest BCUT2D eigenvalue weighted by molar-refractivity contribution is 6.04. The molecule has 2 fully saturated rings. The van der Waals surface area contributed by atoms with Crippen molar-refractivity contribution in [2.75, 3.05) is 13.2 Å². The summed E-state index contributed by atoms with van der Waals surface area (Å²) in [5, 5.41) is 0. The van der Waals surface area contributed by atoms with Crippen molar-refractivity contribution in [3.8, 4) is 0 Å². The van der Waals surface area contributed by atoms with Crippen LogP contribution in [0.2, 0.25) is 0 Å². The molecule has 4 nitrogen and oxygen atoms in total. The van der Waals surface area contributed by atoms with Gasteiger partial charge in [0.25, 0.3) is 0 Å². The van der Waals surface area contributed by atoms with Gasteiger partial charge < -0.3 is 9.47 Å². The minimum atomic E-state index is -0.0664. The van der Waals surface area contributed by atoms with E-state index in [-0.39, 0.29) is 12.2 Å². The van der Waals surface area contributed by atoms with E-state index in [2.05, 4.69) is 24.3 Å². The molecule has 2 aliphatic rings. The lowest BCUT2D eigenvalue weighted by Gasteiger charge is -2.07. The Bertz CT molecular complexity index is 675. The molecule has 0 saturated carbocycles. The first-order valence-electron chi connectivity index (χ1n) is 8.27. The standard InChI is InChI=1S/C20H20N2O2/c1-3-7-15(8-4-1)11-21-17-13-23-20-18(14-24-19(17)20)22-12-16-9-5-2-6-10-16/h1-10,19-20H,11-14H2. The summed E-state index contributed by atoms with van der Waals surface area (Å²) in [5.41, 5.74) is 4.39. The van der Waals surface area contributed by atoms with Crippen molar-refractivity contribution in [3.05, 3.63) is 71.8 Å². The van der Waals surface area contributed by atoms with Crippen LogP contribution in [0.3, 0.4) is 0 Å². The number of hydrogen-bond acceptors (Lipinski definition) is 4. The molecule has 0 spiro atoms. The third-order valence-corrected chi connectivity index (χ3v) is 4.37. The molecule has 2 atom stereocenters. The predicted octanol–water partition coefficient (Wildman–Crippen LogP) is 3.07. The molecule has 2 aromatic carbocycles. The van der Waals surface area contributed by atoms with Gasteiger partial charge in [0.15, 0.2) is 0 Å². The number of fused-ring (bicyclic) bond motifs is 1. The number of benzene rings is 2. The van der Waals surface area contributed by atoms with Gasteiger partial charge in [0.2, 0.25) is 0 Å². The van der Waals surface area contributed by atoms with Crippen LogP contribution < -0.4 is 0 Å². The van der Waals surface area contributed by atoms with E-state index in [0.29, 0.717) is 26.3 Å². The van der Waals surface area contributed by atoms with E-state index < -0.39 is 0 Å². The summed E-state index contributed by atoms with van der Waals surface area (Å²) >= 11 is 0. The van der Waals surface area contributed by atoms with E-state index in [0.717, 1.165) is 11.4 Å². The van der Waals surface area contributed by atoms with Crippen molar-refractivity contribution >= 4 is 11.4 Å². The van der Waals surface area contributed by atoms with Gasteiger partial charge in [-0.3, -0.25) is 9.98 Å². The highest BCUT2D eigenvalue weighted by Gasteiger charge is 2.43. The van der Waals surface area contributed by atoms with Gasteiger partial charge in [-0.25, -0.2) is 0 Å². The van der Waals surface area contributed by atoms with Crippen molar-refractivity contribution in [1.29, 1.82) is 0 Å². The Morgan fingerprint density at radius 3 is 1.50 bits per heavy atom. The van der Waals surface area contributed by atoms with Crippen LogP contribution in [0.4, 0.5) is 0 Å². The molecule has 0 aromatic heterocycles. The smallest absolute Gasteiger partial charge is 0.130 e. The average Bonchev–Trinajstić information content (AvgIpc) is 3.22. The molecular formula is C20H20N2O2. The molecule has 0 aliphatic carbocycles. The molecule has 0 radical (unpaired) electrons. The van der Waals surface area contributed by atoms with Gasteiger partial charge in [0, 0.05) is 0 Å². The van der Waals surface area contributed by atoms with E-state index >= 15 is 0 Å². The summed E-state index contributed by atoms with van der Waals surface area (Å²) in [6, 6.07) is 20.5. The van der Waals surface area contributed by atoms with E-state index in [1.54, 1.807) is 0 Å². The first kappa shape index (κ1) is 15.2. The summed E-state index contributed by atoms with van der Waals surface area (Å²) in [5.74, 6) is 0. The molecule has 0 amide bonds. The van der Waals surface area contributed by atoms with Crippen molar-refractivity contribution in [1.82, 2.24) is 0 Å². The molecule has 2 unspecified atom stereocenters. The molecule has 2 aromatic rings. The van der Waals surface area contributed by atoms with Gasteiger partial charge in [0.05, 0.1) is 37.7 Å². The highest BCUT2D eigenvalue weighted by atomic mass is 16.6. The fourth-order valence-electron chi connectivity index (χ4n) is 3.05. The minimum Gasteiger partial charge on any atom is -0.363 e. The second-order valence-corrected chi connectivity index (χ2v) is 6.05. The fourth-order valence-corrected chi connectivity index (χ4v) is 3.05. The number of hydrogen-bond donors (Lipinski definition) is 0. The number of aliphatic imine (C=N–C) groups is 2. The topological polar surface area (TPSA) is 43.2 Å². The van der Waals surface area contributed by atoms with Gasteiger partial charge in [-0.2, -0.15) is 0 Å². The molecule has 2 heterocycles. The summed E-state index contributed by atoms with van der Waals surface area (Å²) in [7, 11) is 0. The first-order valence-corrected chi connectivity index (χ1v) is 8.27. The zero-order valence-electron chi connectivity index (χ0n) is 13.5. The number of rotatable bonds is 4. The molecule has 24 heavy (non-hydrogen) atoms. The lowest BCUT2D eigenvalue weighted by molar-refractivity contribution is 0.0875. The summed E-state index contributed by atoms with van der Waals surface area (Å²) in [6.45, 7) is 2.41. The monoisotopic (exact) mass is 320 g/mol. The second kappa shape index (κ2) is 7.07. The van der Waals surface area contributed by atoms with Gasteiger partial charge in [-0.15, -0.1) is 0 Å². The average molecular weight is 320 g/mol. The normalized spacial score (nSPS) is 26.2. The predicted molar refractivity (Wildman–Crippen MR) is 94.6 cm³/mol. The van der Waals surface area contributed by atoms with Crippen LogP contribution in [0.1, 0.15) is 11.1 Å². The Kier molecular flexibility index (Phi) is 4.49. The van der Waals surface area contributed by atoms with Crippen molar-refractivity contribution in [3.63, 3.8) is 0 Å². The molecule has 2 aliphatic heterocycles. The molecule has 4 rings (SSSR count). The van der Waals surface area contributed by atoms with E-state index in [9.17, 15) is 0 Å². The number of nitrogens with zero attached hydrogens (tertiary/aromatic N) is 2. The molecule has 122 valence electrons. The van der Waals surface area contributed by atoms with Gasteiger partial charge in [0.1, 0.15) is 12.2 Å². The zero-order valence-corrected chi connectivity index (χ0v) is 13.5. The van der Waals surface area contributed by atoms with Crippen LogP contribution in [0.25, 0.3) is 0 Å². The SMILES string of the molecule is c1ccc(CN=C2COC3C(=NCc4ccccc4)COC23)cc1. The maximum Gasteiger partial charge on any atom is 0.130 e. The van der Waals surface area contributed by atoms with E-state index in [4.69, 9.17) is 19.5 Å². The van der Waals surface area contributed by atoms with Crippen LogP contribution in [-0.4, -0.2) is 36.8 Å². The number of ether oxygens (including phenoxy) is 2. The van der Waals surface area contributed by atoms with Gasteiger partial charge in [-0.1, -0.05) is 60.7 Å². The maximum atomic E-state index is 5.89. The molecule has 0 N–H and O–H groups in total. The Morgan fingerprint density at radius 2 is 1.08 bits per heavy atom. The Hall–Kier alpha value is -2.30. The van der Waals surface area contributed by atoms with Gasteiger partial charge in [-0.05, 0) is 11.1 Å². The molecule has 2 saturated heterocycles. The van der Waals surface area contributed by atoms with Gasteiger partial charge >= 0.3 is 0 Å². The molecular weight excluding hydrogens is 300 g/mol. The quantitative estimate of drug-likeness (QED) is 0.869. The maximum absolute atomic E-state index is 5.89. The fraction of sp³-hybridized carbons (Fsp3) is 0.300. The third kappa shape index (κ3) is 3.30. The molecule has 0 bridgehead atoms. The summed E-state index contributed by atoms with van der Waals surface area (Å²) < 4.78 is 11.8. The third-order valence-electron chi connectivity index (χ3n) is 4.37. The highest BCUT2D eigenvalue weighted by Crippen LogP contribution is 2.24. The Morgan fingerprint density at radius 1 is 0.667 bits per heavy atom.